The van der Waals surface area contributed by atoms with Gasteiger partial charge in [-0.15, -0.1) is 0 Å². The number of aromatic nitrogens is 2. The summed E-state index contributed by atoms with van der Waals surface area (Å²) < 4.78 is 7.45. The molecule has 27 heavy (non-hydrogen) atoms. The van der Waals surface area contributed by atoms with Crippen molar-refractivity contribution in [2.24, 2.45) is 4.99 Å². The van der Waals surface area contributed by atoms with E-state index in [0.29, 0.717) is 13.1 Å². The van der Waals surface area contributed by atoms with Crippen molar-refractivity contribution >= 4 is 5.96 Å². The minimum absolute atomic E-state index is 0.643. The first-order valence-electron chi connectivity index (χ1n) is 8.88. The molecule has 0 bridgehead atoms. The van der Waals surface area contributed by atoms with Gasteiger partial charge in [0.1, 0.15) is 5.75 Å². The van der Waals surface area contributed by atoms with Crippen LogP contribution in [0.3, 0.4) is 0 Å². The summed E-state index contributed by atoms with van der Waals surface area (Å²) in [4.78, 5) is 8.38. The van der Waals surface area contributed by atoms with Crippen molar-refractivity contribution in [1.29, 1.82) is 0 Å². The molecule has 1 heterocycles. The van der Waals surface area contributed by atoms with Crippen LogP contribution >= 0.6 is 0 Å². The molecule has 140 valence electrons. The van der Waals surface area contributed by atoms with E-state index in [9.17, 15) is 0 Å². The lowest BCUT2D eigenvalue weighted by Crippen LogP contribution is -2.36. The Labute approximate surface area is 159 Å². The summed E-state index contributed by atoms with van der Waals surface area (Å²) in [6.07, 6.45) is 5.59. The molecular formula is C21H25N5O. The molecule has 0 unspecified atom stereocenters. The summed E-state index contributed by atoms with van der Waals surface area (Å²) in [5.74, 6) is 1.62. The van der Waals surface area contributed by atoms with E-state index in [0.717, 1.165) is 23.8 Å². The van der Waals surface area contributed by atoms with Crippen LogP contribution in [0.4, 0.5) is 0 Å². The number of imidazole rings is 1. The van der Waals surface area contributed by atoms with E-state index < -0.39 is 0 Å². The average Bonchev–Trinajstić information content (AvgIpc) is 3.21. The molecule has 0 spiro atoms. The highest BCUT2D eigenvalue weighted by Gasteiger charge is 2.04. The third kappa shape index (κ3) is 5.34. The Hall–Kier alpha value is -3.28. The number of hydrogen-bond donors (Lipinski definition) is 2. The molecule has 3 aromatic rings. The number of nitrogens with one attached hydrogen (secondary N) is 2. The molecule has 0 amide bonds. The smallest absolute Gasteiger partial charge is 0.191 e. The number of benzene rings is 2. The van der Waals surface area contributed by atoms with Crippen LogP contribution in [0.1, 0.15) is 16.7 Å². The summed E-state index contributed by atoms with van der Waals surface area (Å²) in [5, 5.41) is 6.69. The van der Waals surface area contributed by atoms with Gasteiger partial charge in [0, 0.05) is 44.6 Å². The Kier molecular flexibility index (Phi) is 6.46. The van der Waals surface area contributed by atoms with Gasteiger partial charge < -0.3 is 19.9 Å². The minimum Gasteiger partial charge on any atom is -0.496 e. The molecule has 0 saturated carbocycles. The SMILES string of the molecule is CN=C(NCc1cccc(Cn2ccnc2)c1)NCc1ccccc1OC. The lowest BCUT2D eigenvalue weighted by Gasteiger charge is -2.14. The largest absolute Gasteiger partial charge is 0.496 e. The third-order valence-electron chi connectivity index (χ3n) is 4.24. The first kappa shape index (κ1) is 18.5. The summed E-state index contributed by atoms with van der Waals surface area (Å²) >= 11 is 0. The fraction of sp³-hybridized carbons (Fsp3) is 0.238. The summed E-state index contributed by atoms with van der Waals surface area (Å²) in [6, 6.07) is 16.5. The van der Waals surface area contributed by atoms with Crippen LogP contribution in [0.15, 0.2) is 72.2 Å². The molecule has 2 N–H and O–H groups in total. The second-order valence-corrected chi connectivity index (χ2v) is 6.15. The van der Waals surface area contributed by atoms with Gasteiger partial charge in [0.05, 0.1) is 13.4 Å². The molecular weight excluding hydrogens is 338 g/mol. The van der Waals surface area contributed by atoms with Crippen molar-refractivity contribution in [3.63, 3.8) is 0 Å². The van der Waals surface area contributed by atoms with Crippen LogP contribution in [0.5, 0.6) is 5.75 Å². The van der Waals surface area contributed by atoms with Gasteiger partial charge >= 0.3 is 0 Å². The molecule has 1 aromatic heterocycles. The number of hydrogen-bond acceptors (Lipinski definition) is 3. The molecule has 0 atom stereocenters. The summed E-state index contributed by atoms with van der Waals surface area (Å²) in [6.45, 7) is 2.16. The van der Waals surface area contributed by atoms with Crippen molar-refractivity contribution in [3.05, 3.63) is 83.9 Å². The van der Waals surface area contributed by atoms with Crippen molar-refractivity contribution in [3.8, 4) is 5.75 Å². The van der Waals surface area contributed by atoms with Crippen LogP contribution in [0.25, 0.3) is 0 Å². The van der Waals surface area contributed by atoms with Gasteiger partial charge in [0.15, 0.2) is 5.96 Å². The van der Waals surface area contributed by atoms with Crippen molar-refractivity contribution in [2.45, 2.75) is 19.6 Å². The van der Waals surface area contributed by atoms with Gasteiger partial charge in [-0.2, -0.15) is 0 Å². The number of rotatable bonds is 7. The first-order valence-corrected chi connectivity index (χ1v) is 8.88. The maximum atomic E-state index is 5.39. The molecule has 2 aromatic carbocycles. The molecule has 6 heteroatoms. The van der Waals surface area contributed by atoms with E-state index in [-0.39, 0.29) is 0 Å². The lowest BCUT2D eigenvalue weighted by atomic mass is 10.1. The molecule has 6 nitrogen and oxygen atoms in total. The van der Waals surface area contributed by atoms with Crippen LogP contribution < -0.4 is 15.4 Å². The van der Waals surface area contributed by atoms with E-state index in [1.807, 2.05) is 36.8 Å². The molecule has 0 aliphatic rings. The second-order valence-electron chi connectivity index (χ2n) is 6.15. The average molecular weight is 363 g/mol. The number of para-hydroxylation sites is 1. The zero-order chi connectivity index (χ0) is 18.9. The Balaban J connectivity index is 1.55. The highest BCUT2D eigenvalue weighted by molar-refractivity contribution is 5.79. The number of nitrogens with zero attached hydrogens (tertiary/aromatic N) is 3. The van der Waals surface area contributed by atoms with Crippen molar-refractivity contribution in [2.75, 3.05) is 14.2 Å². The maximum Gasteiger partial charge on any atom is 0.191 e. The topological polar surface area (TPSA) is 63.5 Å². The third-order valence-corrected chi connectivity index (χ3v) is 4.24. The highest BCUT2D eigenvalue weighted by Crippen LogP contribution is 2.16. The molecule has 0 saturated heterocycles. The molecule has 0 aliphatic heterocycles. The normalized spacial score (nSPS) is 11.3. The second kappa shape index (κ2) is 9.43. The number of ether oxygens (including phenoxy) is 1. The minimum atomic E-state index is 0.643. The highest BCUT2D eigenvalue weighted by atomic mass is 16.5. The molecule has 3 rings (SSSR count). The van der Waals surface area contributed by atoms with Gasteiger partial charge in [-0.25, -0.2) is 4.98 Å². The van der Waals surface area contributed by atoms with E-state index in [2.05, 4.69) is 49.4 Å². The fourth-order valence-electron chi connectivity index (χ4n) is 2.86. The Morgan fingerprint density at radius 1 is 1.07 bits per heavy atom. The fourth-order valence-corrected chi connectivity index (χ4v) is 2.86. The molecule has 0 aliphatic carbocycles. The monoisotopic (exact) mass is 363 g/mol. The number of guanidine groups is 1. The predicted octanol–water partition coefficient (Wildman–Crippen LogP) is 2.81. The number of aliphatic imine (C=N–C) groups is 1. The van der Waals surface area contributed by atoms with E-state index in [1.54, 1.807) is 20.4 Å². The Morgan fingerprint density at radius 2 is 1.89 bits per heavy atom. The van der Waals surface area contributed by atoms with Gasteiger partial charge in [0.2, 0.25) is 0 Å². The summed E-state index contributed by atoms with van der Waals surface area (Å²) in [5.41, 5.74) is 3.53. The van der Waals surface area contributed by atoms with E-state index >= 15 is 0 Å². The molecule has 0 fully saturated rings. The zero-order valence-electron chi connectivity index (χ0n) is 15.7. The standard InChI is InChI=1S/C21H25N5O/c1-22-21(25-14-19-8-3-4-9-20(19)27-2)24-13-17-6-5-7-18(12-17)15-26-11-10-23-16-26/h3-12,16H,13-15H2,1-2H3,(H2,22,24,25). The number of methoxy groups -OCH3 is 1. The van der Waals surface area contributed by atoms with Gasteiger partial charge in [-0.05, 0) is 17.2 Å². The zero-order valence-corrected chi connectivity index (χ0v) is 15.7. The van der Waals surface area contributed by atoms with Crippen molar-refractivity contribution < 1.29 is 4.74 Å². The van der Waals surface area contributed by atoms with Gasteiger partial charge in [-0.3, -0.25) is 4.99 Å². The quantitative estimate of drug-likeness (QED) is 0.500. The van der Waals surface area contributed by atoms with Gasteiger partial charge in [-0.1, -0.05) is 42.5 Å². The Morgan fingerprint density at radius 3 is 2.67 bits per heavy atom. The first-order chi connectivity index (χ1) is 13.3. The summed E-state index contributed by atoms with van der Waals surface area (Å²) in [7, 11) is 3.45. The van der Waals surface area contributed by atoms with Crippen LogP contribution in [-0.2, 0) is 19.6 Å². The van der Waals surface area contributed by atoms with Crippen LogP contribution in [0, 0.1) is 0 Å². The van der Waals surface area contributed by atoms with E-state index in [4.69, 9.17) is 4.74 Å². The van der Waals surface area contributed by atoms with E-state index in [1.165, 1.54) is 11.1 Å². The Bertz CT molecular complexity index is 874. The lowest BCUT2D eigenvalue weighted by molar-refractivity contribution is 0.409. The van der Waals surface area contributed by atoms with Crippen molar-refractivity contribution in [1.82, 2.24) is 20.2 Å². The van der Waals surface area contributed by atoms with Crippen LogP contribution in [-0.4, -0.2) is 29.7 Å². The van der Waals surface area contributed by atoms with Crippen LogP contribution in [0.2, 0.25) is 0 Å². The molecule has 0 radical (unpaired) electrons. The van der Waals surface area contributed by atoms with Gasteiger partial charge in [0.25, 0.3) is 0 Å². The maximum absolute atomic E-state index is 5.39. The predicted molar refractivity (Wildman–Crippen MR) is 108 cm³/mol.